The molecule has 2 aromatic carbocycles. The highest BCUT2D eigenvalue weighted by atomic mass is 79.9. The first-order chi connectivity index (χ1) is 10.7. The summed E-state index contributed by atoms with van der Waals surface area (Å²) in [6.45, 7) is 2.73. The minimum Gasteiger partial charge on any atom is -0.378 e. The molecule has 3 rings (SSSR count). The molecule has 0 radical (unpaired) electrons. The summed E-state index contributed by atoms with van der Waals surface area (Å²) in [5.74, 6) is -0.224. The van der Waals surface area contributed by atoms with Crippen LogP contribution in [0.1, 0.15) is 5.56 Å². The van der Waals surface area contributed by atoms with Gasteiger partial charge < -0.3 is 9.64 Å². The van der Waals surface area contributed by atoms with Gasteiger partial charge in [0.25, 0.3) is 0 Å². The first kappa shape index (κ1) is 15.2. The quantitative estimate of drug-likeness (QED) is 0.765. The number of rotatable bonds is 3. The van der Waals surface area contributed by atoms with Crippen LogP contribution >= 0.6 is 15.9 Å². The second kappa shape index (κ2) is 7.03. The molecular weight excluding hydrogens is 347 g/mol. The predicted octanol–water partition coefficient (Wildman–Crippen LogP) is 4.18. The summed E-state index contributed by atoms with van der Waals surface area (Å²) < 4.78 is 20.5. The first-order valence-electron chi connectivity index (χ1n) is 7.15. The highest BCUT2D eigenvalue weighted by Crippen LogP contribution is 2.25. The molecule has 0 aliphatic carbocycles. The Balaban J connectivity index is 1.78. The largest absolute Gasteiger partial charge is 0.378 e. The van der Waals surface area contributed by atoms with E-state index in [9.17, 15) is 4.39 Å². The van der Waals surface area contributed by atoms with E-state index in [1.54, 1.807) is 6.21 Å². The maximum absolute atomic E-state index is 14.3. The van der Waals surface area contributed by atoms with Gasteiger partial charge in [-0.15, -0.1) is 0 Å². The van der Waals surface area contributed by atoms with Gasteiger partial charge in [0.1, 0.15) is 5.82 Å². The van der Waals surface area contributed by atoms with Crippen LogP contribution in [0.2, 0.25) is 0 Å². The lowest BCUT2D eigenvalue weighted by atomic mass is 10.2. The Morgan fingerprint density at radius 1 is 1.14 bits per heavy atom. The Morgan fingerprint density at radius 3 is 2.64 bits per heavy atom. The monoisotopic (exact) mass is 362 g/mol. The molecule has 1 aliphatic heterocycles. The van der Waals surface area contributed by atoms with Gasteiger partial charge in [0, 0.05) is 23.8 Å². The van der Waals surface area contributed by atoms with Gasteiger partial charge in [-0.25, -0.2) is 4.39 Å². The van der Waals surface area contributed by atoms with Crippen LogP contribution in [0.4, 0.5) is 15.8 Å². The Morgan fingerprint density at radius 2 is 1.91 bits per heavy atom. The van der Waals surface area contributed by atoms with E-state index in [0.29, 0.717) is 18.9 Å². The number of aliphatic imine (C=N–C) groups is 1. The zero-order valence-corrected chi connectivity index (χ0v) is 13.6. The second-order valence-electron chi connectivity index (χ2n) is 5.02. The van der Waals surface area contributed by atoms with Gasteiger partial charge in [0.05, 0.1) is 24.6 Å². The van der Waals surface area contributed by atoms with Gasteiger partial charge in [-0.1, -0.05) is 18.2 Å². The molecule has 5 heteroatoms. The summed E-state index contributed by atoms with van der Waals surface area (Å²) in [5, 5.41) is 0. The van der Waals surface area contributed by atoms with Crippen LogP contribution in [0.5, 0.6) is 0 Å². The molecule has 0 amide bonds. The molecule has 0 N–H and O–H groups in total. The maximum Gasteiger partial charge on any atom is 0.147 e. The van der Waals surface area contributed by atoms with E-state index >= 15 is 0 Å². The third kappa shape index (κ3) is 3.54. The molecule has 1 heterocycles. The van der Waals surface area contributed by atoms with Crippen LogP contribution in [-0.4, -0.2) is 32.5 Å². The lowest BCUT2D eigenvalue weighted by Gasteiger charge is -2.29. The number of hydrogen-bond donors (Lipinski definition) is 0. The van der Waals surface area contributed by atoms with E-state index in [0.717, 1.165) is 28.8 Å². The van der Waals surface area contributed by atoms with Crippen LogP contribution in [-0.2, 0) is 4.74 Å². The van der Waals surface area contributed by atoms with E-state index in [1.165, 1.54) is 6.07 Å². The SMILES string of the molecule is Fc1cc(C=Nc2ccccc2Br)ccc1N1CCOCC1. The summed E-state index contributed by atoms with van der Waals surface area (Å²) in [6.07, 6.45) is 1.67. The highest BCUT2D eigenvalue weighted by Gasteiger charge is 2.14. The summed E-state index contributed by atoms with van der Waals surface area (Å²) >= 11 is 3.44. The first-order valence-corrected chi connectivity index (χ1v) is 7.94. The van der Waals surface area contributed by atoms with E-state index in [1.807, 2.05) is 41.3 Å². The summed E-state index contributed by atoms with van der Waals surface area (Å²) in [7, 11) is 0. The van der Waals surface area contributed by atoms with Gasteiger partial charge in [0.2, 0.25) is 0 Å². The number of nitrogens with zero attached hydrogens (tertiary/aromatic N) is 2. The lowest BCUT2D eigenvalue weighted by Crippen LogP contribution is -2.36. The summed E-state index contributed by atoms with van der Waals surface area (Å²) in [4.78, 5) is 6.39. The van der Waals surface area contributed by atoms with Crippen molar-refractivity contribution < 1.29 is 9.13 Å². The molecule has 0 saturated carbocycles. The van der Waals surface area contributed by atoms with Gasteiger partial charge in [0.15, 0.2) is 0 Å². The highest BCUT2D eigenvalue weighted by molar-refractivity contribution is 9.10. The predicted molar refractivity (Wildman–Crippen MR) is 90.8 cm³/mol. The molecule has 0 bridgehead atoms. The molecule has 0 spiro atoms. The van der Waals surface area contributed by atoms with Gasteiger partial charge in [-0.05, 0) is 45.8 Å². The van der Waals surface area contributed by atoms with Crippen LogP contribution in [0.3, 0.4) is 0 Å². The van der Waals surface area contributed by atoms with Crippen molar-refractivity contribution in [3.8, 4) is 0 Å². The van der Waals surface area contributed by atoms with Crippen molar-refractivity contribution in [2.24, 2.45) is 4.99 Å². The van der Waals surface area contributed by atoms with Crippen molar-refractivity contribution in [3.05, 3.63) is 58.3 Å². The molecule has 0 aromatic heterocycles. The van der Waals surface area contributed by atoms with Gasteiger partial charge in [-0.2, -0.15) is 0 Å². The third-order valence-electron chi connectivity index (χ3n) is 3.53. The van der Waals surface area contributed by atoms with E-state index in [4.69, 9.17) is 4.74 Å². The summed E-state index contributed by atoms with van der Waals surface area (Å²) in [6, 6.07) is 12.9. The number of morpholine rings is 1. The average Bonchev–Trinajstić information content (AvgIpc) is 2.55. The van der Waals surface area contributed by atoms with Crippen LogP contribution in [0, 0.1) is 5.82 Å². The minimum absolute atomic E-state index is 0.224. The molecule has 1 saturated heterocycles. The molecular formula is C17H16BrFN2O. The van der Waals surface area contributed by atoms with Crippen molar-refractivity contribution in [2.75, 3.05) is 31.2 Å². The van der Waals surface area contributed by atoms with E-state index in [-0.39, 0.29) is 5.82 Å². The fraction of sp³-hybridized carbons (Fsp3) is 0.235. The lowest BCUT2D eigenvalue weighted by molar-refractivity contribution is 0.122. The fourth-order valence-electron chi connectivity index (χ4n) is 2.36. The topological polar surface area (TPSA) is 24.8 Å². The molecule has 0 unspecified atom stereocenters. The van der Waals surface area contributed by atoms with Crippen molar-refractivity contribution >= 4 is 33.5 Å². The van der Waals surface area contributed by atoms with Crippen LogP contribution in [0.25, 0.3) is 0 Å². The smallest absolute Gasteiger partial charge is 0.147 e. The van der Waals surface area contributed by atoms with Crippen molar-refractivity contribution in [3.63, 3.8) is 0 Å². The molecule has 0 atom stereocenters. The molecule has 1 fully saturated rings. The number of benzene rings is 2. The Hall–Kier alpha value is -1.72. The molecule has 1 aliphatic rings. The van der Waals surface area contributed by atoms with Gasteiger partial charge in [-0.3, -0.25) is 4.99 Å². The Bertz CT molecular complexity index is 684. The molecule has 3 nitrogen and oxygen atoms in total. The van der Waals surface area contributed by atoms with Crippen molar-refractivity contribution in [1.29, 1.82) is 0 Å². The number of hydrogen-bond acceptors (Lipinski definition) is 3. The zero-order chi connectivity index (χ0) is 15.4. The molecule has 2 aromatic rings. The molecule has 22 heavy (non-hydrogen) atoms. The average molecular weight is 363 g/mol. The number of halogens is 2. The van der Waals surface area contributed by atoms with E-state index < -0.39 is 0 Å². The molecule has 114 valence electrons. The van der Waals surface area contributed by atoms with Crippen molar-refractivity contribution in [2.45, 2.75) is 0 Å². The van der Waals surface area contributed by atoms with E-state index in [2.05, 4.69) is 20.9 Å². The Kier molecular flexibility index (Phi) is 4.85. The maximum atomic E-state index is 14.3. The number of para-hydroxylation sites is 1. The fourth-order valence-corrected chi connectivity index (χ4v) is 2.75. The zero-order valence-electron chi connectivity index (χ0n) is 12.0. The van der Waals surface area contributed by atoms with Crippen LogP contribution in [0.15, 0.2) is 51.9 Å². The Labute approximate surface area is 137 Å². The van der Waals surface area contributed by atoms with Crippen LogP contribution < -0.4 is 4.90 Å². The number of anilines is 1. The summed E-state index contributed by atoms with van der Waals surface area (Å²) in [5.41, 5.74) is 2.19. The minimum atomic E-state index is -0.224. The number of ether oxygens (including phenoxy) is 1. The second-order valence-corrected chi connectivity index (χ2v) is 5.87. The van der Waals surface area contributed by atoms with Gasteiger partial charge >= 0.3 is 0 Å². The third-order valence-corrected chi connectivity index (χ3v) is 4.20. The standard InChI is InChI=1S/C17H16BrFN2O/c18-14-3-1-2-4-16(14)20-12-13-5-6-17(15(19)11-13)21-7-9-22-10-8-21/h1-6,11-12H,7-10H2. The van der Waals surface area contributed by atoms with Crippen molar-refractivity contribution in [1.82, 2.24) is 0 Å². The normalized spacial score (nSPS) is 15.5.